The summed E-state index contributed by atoms with van der Waals surface area (Å²) in [5, 5.41) is 9.15. The quantitative estimate of drug-likeness (QED) is 0.868. The van der Waals surface area contributed by atoms with Crippen molar-refractivity contribution in [1.29, 1.82) is 0 Å². The summed E-state index contributed by atoms with van der Waals surface area (Å²) in [6.07, 6.45) is 4.66. The zero-order chi connectivity index (χ0) is 12.0. The standard InChI is InChI=1S/C13H15NO3/c1-17-12-10(13(15)16)6-9(7-2-3-7)11(14-12)8-4-5-8/h6-8H,2-5H2,1H3,(H,15,16). The molecule has 4 heteroatoms. The molecule has 1 heterocycles. The first-order valence-electron chi connectivity index (χ1n) is 6.03. The minimum Gasteiger partial charge on any atom is -0.480 e. The number of pyridine rings is 1. The van der Waals surface area contributed by atoms with Crippen LogP contribution in [-0.2, 0) is 0 Å². The number of hydrogen-bond acceptors (Lipinski definition) is 3. The lowest BCUT2D eigenvalue weighted by Crippen LogP contribution is -2.07. The second-order valence-electron chi connectivity index (χ2n) is 4.87. The Hall–Kier alpha value is -1.58. The van der Waals surface area contributed by atoms with Crippen molar-refractivity contribution in [2.24, 2.45) is 0 Å². The molecule has 0 amide bonds. The monoisotopic (exact) mass is 233 g/mol. The Balaban J connectivity index is 2.11. The van der Waals surface area contributed by atoms with Gasteiger partial charge in [0.05, 0.1) is 12.8 Å². The highest BCUT2D eigenvalue weighted by molar-refractivity contribution is 5.90. The van der Waals surface area contributed by atoms with Gasteiger partial charge in [-0.25, -0.2) is 9.78 Å². The fraction of sp³-hybridized carbons (Fsp3) is 0.538. The molecule has 4 nitrogen and oxygen atoms in total. The number of ether oxygens (including phenoxy) is 1. The van der Waals surface area contributed by atoms with Crippen molar-refractivity contribution in [1.82, 2.24) is 4.98 Å². The summed E-state index contributed by atoms with van der Waals surface area (Å²) in [5.41, 5.74) is 2.42. The van der Waals surface area contributed by atoms with E-state index in [2.05, 4.69) is 4.98 Å². The fourth-order valence-electron chi connectivity index (χ4n) is 2.24. The Bertz CT molecular complexity index is 476. The highest BCUT2D eigenvalue weighted by Gasteiger charge is 2.35. The van der Waals surface area contributed by atoms with Crippen LogP contribution in [0.4, 0.5) is 0 Å². The van der Waals surface area contributed by atoms with E-state index in [0.29, 0.717) is 11.8 Å². The largest absolute Gasteiger partial charge is 0.480 e. The molecule has 0 spiro atoms. The topological polar surface area (TPSA) is 59.4 Å². The second-order valence-corrected chi connectivity index (χ2v) is 4.87. The minimum absolute atomic E-state index is 0.193. The van der Waals surface area contributed by atoms with Crippen molar-refractivity contribution in [2.75, 3.05) is 7.11 Å². The van der Waals surface area contributed by atoms with E-state index in [1.165, 1.54) is 20.0 Å². The third kappa shape index (κ3) is 1.88. The summed E-state index contributed by atoms with van der Waals surface area (Å²) in [6.45, 7) is 0. The number of carboxylic acid groups (broad SMARTS) is 1. The maximum atomic E-state index is 11.2. The van der Waals surface area contributed by atoms with Crippen molar-refractivity contribution in [2.45, 2.75) is 37.5 Å². The van der Waals surface area contributed by atoms with E-state index < -0.39 is 5.97 Å². The second kappa shape index (κ2) is 3.72. The summed E-state index contributed by atoms with van der Waals surface area (Å²) >= 11 is 0. The number of rotatable bonds is 4. The van der Waals surface area contributed by atoms with Crippen molar-refractivity contribution < 1.29 is 14.6 Å². The zero-order valence-electron chi connectivity index (χ0n) is 9.77. The lowest BCUT2D eigenvalue weighted by atomic mass is 10.0. The highest BCUT2D eigenvalue weighted by atomic mass is 16.5. The van der Waals surface area contributed by atoms with Gasteiger partial charge >= 0.3 is 5.97 Å². The van der Waals surface area contributed by atoms with Crippen molar-refractivity contribution in [3.63, 3.8) is 0 Å². The number of nitrogens with zero attached hydrogens (tertiary/aromatic N) is 1. The molecule has 0 saturated heterocycles. The molecule has 0 aromatic carbocycles. The molecule has 2 fully saturated rings. The number of hydrogen-bond donors (Lipinski definition) is 1. The maximum absolute atomic E-state index is 11.2. The van der Waals surface area contributed by atoms with Crippen LogP contribution in [0.3, 0.4) is 0 Å². The van der Waals surface area contributed by atoms with E-state index >= 15 is 0 Å². The van der Waals surface area contributed by atoms with Gasteiger partial charge in [-0.05, 0) is 43.2 Å². The summed E-state index contributed by atoms with van der Waals surface area (Å²) in [7, 11) is 1.47. The summed E-state index contributed by atoms with van der Waals surface area (Å²) in [4.78, 5) is 15.6. The van der Waals surface area contributed by atoms with Crippen LogP contribution in [0.5, 0.6) is 5.88 Å². The van der Waals surface area contributed by atoms with Crippen LogP contribution >= 0.6 is 0 Å². The predicted octanol–water partition coefficient (Wildman–Crippen LogP) is 2.54. The van der Waals surface area contributed by atoms with E-state index in [1.54, 1.807) is 6.07 Å². The first kappa shape index (κ1) is 10.6. The van der Waals surface area contributed by atoms with E-state index in [0.717, 1.165) is 24.1 Å². The van der Waals surface area contributed by atoms with Crippen LogP contribution in [0.2, 0.25) is 0 Å². The molecule has 1 aromatic rings. The Labute approximate surface area is 99.6 Å². The van der Waals surface area contributed by atoms with Gasteiger partial charge < -0.3 is 9.84 Å². The molecule has 0 aliphatic heterocycles. The molecule has 0 radical (unpaired) electrons. The smallest absolute Gasteiger partial charge is 0.341 e. The third-order valence-electron chi connectivity index (χ3n) is 3.45. The van der Waals surface area contributed by atoms with E-state index in [4.69, 9.17) is 9.84 Å². The van der Waals surface area contributed by atoms with Crippen molar-refractivity contribution in [3.8, 4) is 5.88 Å². The number of carbonyl (C=O) groups is 1. The lowest BCUT2D eigenvalue weighted by Gasteiger charge is -2.11. The number of aromatic nitrogens is 1. The summed E-state index contributed by atoms with van der Waals surface area (Å²) < 4.78 is 5.09. The van der Waals surface area contributed by atoms with Gasteiger partial charge in [-0.3, -0.25) is 0 Å². The first-order valence-corrected chi connectivity index (χ1v) is 6.03. The van der Waals surface area contributed by atoms with Gasteiger partial charge in [0.2, 0.25) is 5.88 Å². The molecular formula is C13H15NO3. The summed E-state index contributed by atoms with van der Waals surface area (Å²) in [5.74, 6) is 0.354. The van der Waals surface area contributed by atoms with Crippen molar-refractivity contribution >= 4 is 5.97 Å². The van der Waals surface area contributed by atoms with Gasteiger partial charge in [0, 0.05) is 5.92 Å². The van der Waals surface area contributed by atoms with Crippen LogP contribution in [0, 0.1) is 0 Å². The number of methoxy groups -OCH3 is 1. The van der Waals surface area contributed by atoms with Crippen LogP contribution in [0.1, 0.15) is 59.1 Å². The average Bonchev–Trinajstić information content (AvgIpc) is 3.18. The molecule has 2 aliphatic rings. The third-order valence-corrected chi connectivity index (χ3v) is 3.45. The van der Waals surface area contributed by atoms with Gasteiger partial charge in [0.15, 0.2) is 0 Å². The molecule has 0 unspecified atom stereocenters. The molecule has 1 aromatic heterocycles. The van der Waals surface area contributed by atoms with Crippen molar-refractivity contribution in [3.05, 3.63) is 22.9 Å². The molecule has 1 N–H and O–H groups in total. The molecule has 0 atom stereocenters. The zero-order valence-corrected chi connectivity index (χ0v) is 9.77. The molecule has 3 rings (SSSR count). The Kier molecular flexibility index (Phi) is 2.31. The minimum atomic E-state index is -0.960. The van der Waals surface area contributed by atoms with Crippen LogP contribution < -0.4 is 4.74 Å². The van der Waals surface area contributed by atoms with Crippen LogP contribution in [0.15, 0.2) is 6.07 Å². The fourth-order valence-corrected chi connectivity index (χ4v) is 2.24. The maximum Gasteiger partial charge on any atom is 0.341 e. The Morgan fingerprint density at radius 1 is 1.35 bits per heavy atom. The van der Waals surface area contributed by atoms with Crippen LogP contribution in [-0.4, -0.2) is 23.2 Å². The number of aromatic carboxylic acids is 1. The molecule has 2 aliphatic carbocycles. The van der Waals surface area contributed by atoms with Crippen LogP contribution in [0.25, 0.3) is 0 Å². The van der Waals surface area contributed by atoms with Gasteiger partial charge in [-0.2, -0.15) is 0 Å². The predicted molar refractivity (Wildman–Crippen MR) is 61.7 cm³/mol. The lowest BCUT2D eigenvalue weighted by molar-refractivity contribution is 0.0692. The molecular weight excluding hydrogens is 218 g/mol. The number of carboxylic acids is 1. The molecule has 2 saturated carbocycles. The Morgan fingerprint density at radius 2 is 2.00 bits per heavy atom. The summed E-state index contributed by atoms with van der Waals surface area (Å²) in [6, 6.07) is 1.78. The van der Waals surface area contributed by atoms with Gasteiger partial charge in [-0.1, -0.05) is 0 Å². The SMILES string of the molecule is COc1nc(C2CC2)c(C2CC2)cc1C(=O)O. The molecule has 0 bridgehead atoms. The molecule has 17 heavy (non-hydrogen) atoms. The van der Waals surface area contributed by atoms with Gasteiger partial charge in [-0.15, -0.1) is 0 Å². The van der Waals surface area contributed by atoms with E-state index in [1.807, 2.05) is 0 Å². The first-order chi connectivity index (χ1) is 8.20. The molecule has 90 valence electrons. The average molecular weight is 233 g/mol. The normalized spacial score (nSPS) is 19.1. The highest BCUT2D eigenvalue weighted by Crippen LogP contribution is 2.49. The Morgan fingerprint density at radius 3 is 2.47 bits per heavy atom. The van der Waals surface area contributed by atoms with E-state index in [-0.39, 0.29) is 11.4 Å². The van der Waals surface area contributed by atoms with E-state index in [9.17, 15) is 4.79 Å². The van der Waals surface area contributed by atoms with Gasteiger partial charge in [0.25, 0.3) is 0 Å². The van der Waals surface area contributed by atoms with Gasteiger partial charge in [0.1, 0.15) is 5.56 Å².